The van der Waals surface area contributed by atoms with E-state index in [-0.39, 0.29) is 17.8 Å². The van der Waals surface area contributed by atoms with Crippen LogP contribution in [0, 0.1) is 5.82 Å². The van der Waals surface area contributed by atoms with Crippen molar-refractivity contribution in [2.45, 2.75) is 31.8 Å². The number of nitrogens with two attached hydrogens (primary N) is 1. The molecule has 8 heteroatoms. The minimum Gasteiger partial charge on any atom is -0.379 e. The van der Waals surface area contributed by atoms with E-state index in [9.17, 15) is 14.0 Å². The Morgan fingerprint density at radius 2 is 2.08 bits per heavy atom. The second kappa shape index (κ2) is 10.1. The molecule has 7 nitrogen and oxygen atoms in total. The fourth-order valence-electron chi connectivity index (χ4n) is 3.11. The number of nitrogens with zero attached hydrogens (tertiary/aromatic N) is 1. The Kier molecular flexibility index (Phi) is 7.80. The minimum absolute atomic E-state index is 0.172. The van der Waals surface area contributed by atoms with Crippen LogP contribution in [-0.2, 0) is 9.53 Å². The number of urea groups is 1. The zero-order chi connectivity index (χ0) is 18.9. The van der Waals surface area contributed by atoms with Crippen molar-refractivity contribution in [3.05, 3.63) is 35.6 Å². The first kappa shape index (κ1) is 20.1. The number of hydrogen-bond acceptors (Lipinski definition) is 4. The SMILES string of the molecule is CCCC(NC(N)=O)C(=O)NCC(c1cccc(F)c1)N1CCOCC1. The van der Waals surface area contributed by atoms with Crippen molar-refractivity contribution in [2.24, 2.45) is 5.73 Å². The second-order valence-corrected chi connectivity index (χ2v) is 6.31. The molecule has 3 amide bonds. The molecule has 2 atom stereocenters. The van der Waals surface area contributed by atoms with Crippen molar-refractivity contribution >= 4 is 11.9 Å². The summed E-state index contributed by atoms with van der Waals surface area (Å²) in [6.07, 6.45) is 1.23. The summed E-state index contributed by atoms with van der Waals surface area (Å²) in [6.45, 7) is 4.84. The van der Waals surface area contributed by atoms with Gasteiger partial charge in [0.15, 0.2) is 0 Å². The highest BCUT2D eigenvalue weighted by molar-refractivity contribution is 5.86. The van der Waals surface area contributed by atoms with Crippen molar-refractivity contribution in [2.75, 3.05) is 32.8 Å². The number of carbonyl (C=O) groups excluding carboxylic acids is 2. The molecule has 1 aromatic carbocycles. The van der Waals surface area contributed by atoms with Gasteiger partial charge in [-0.15, -0.1) is 0 Å². The fourth-order valence-corrected chi connectivity index (χ4v) is 3.11. The lowest BCUT2D eigenvalue weighted by Crippen LogP contribution is -2.50. The van der Waals surface area contributed by atoms with Gasteiger partial charge in [0, 0.05) is 19.6 Å². The Balaban J connectivity index is 2.08. The van der Waals surface area contributed by atoms with Crippen LogP contribution in [0.25, 0.3) is 0 Å². The molecule has 1 aliphatic heterocycles. The van der Waals surface area contributed by atoms with Crippen LogP contribution >= 0.6 is 0 Å². The third-order valence-corrected chi connectivity index (χ3v) is 4.40. The largest absolute Gasteiger partial charge is 0.379 e. The van der Waals surface area contributed by atoms with Gasteiger partial charge in [-0.1, -0.05) is 25.5 Å². The Bertz CT molecular complexity index is 608. The monoisotopic (exact) mass is 366 g/mol. The number of nitrogens with one attached hydrogen (secondary N) is 2. The zero-order valence-corrected chi connectivity index (χ0v) is 15.0. The van der Waals surface area contributed by atoms with Gasteiger partial charge in [0.1, 0.15) is 11.9 Å². The van der Waals surface area contributed by atoms with Gasteiger partial charge >= 0.3 is 6.03 Å². The molecule has 2 unspecified atom stereocenters. The van der Waals surface area contributed by atoms with Crippen LogP contribution in [0.2, 0.25) is 0 Å². The lowest BCUT2D eigenvalue weighted by atomic mass is 10.0. The van der Waals surface area contributed by atoms with Crippen LogP contribution in [0.1, 0.15) is 31.4 Å². The number of rotatable bonds is 8. The fraction of sp³-hybridized carbons (Fsp3) is 0.556. The number of primary amides is 1. The van der Waals surface area contributed by atoms with Gasteiger partial charge in [0.25, 0.3) is 0 Å². The van der Waals surface area contributed by atoms with Crippen LogP contribution in [0.5, 0.6) is 0 Å². The van der Waals surface area contributed by atoms with Crippen molar-refractivity contribution in [1.29, 1.82) is 0 Å². The van der Waals surface area contributed by atoms with Gasteiger partial charge in [0.05, 0.1) is 19.3 Å². The maximum absolute atomic E-state index is 13.7. The molecule has 1 saturated heterocycles. The molecule has 0 aromatic heterocycles. The van der Waals surface area contributed by atoms with Gasteiger partial charge < -0.3 is 21.1 Å². The molecule has 0 bridgehead atoms. The Morgan fingerprint density at radius 3 is 2.69 bits per heavy atom. The van der Waals surface area contributed by atoms with Gasteiger partial charge in [-0.3, -0.25) is 9.69 Å². The zero-order valence-electron chi connectivity index (χ0n) is 15.0. The molecule has 26 heavy (non-hydrogen) atoms. The van der Waals surface area contributed by atoms with Crippen LogP contribution in [0.4, 0.5) is 9.18 Å². The third-order valence-electron chi connectivity index (χ3n) is 4.40. The van der Waals surface area contributed by atoms with Crippen molar-refractivity contribution in [3.63, 3.8) is 0 Å². The lowest BCUT2D eigenvalue weighted by molar-refractivity contribution is -0.123. The number of benzene rings is 1. The van der Waals surface area contributed by atoms with E-state index in [0.29, 0.717) is 39.3 Å². The molecule has 1 aliphatic rings. The molecule has 1 fully saturated rings. The Labute approximate surface area is 153 Å². The van der Waals surface area contributed by atoms with E-state index in [1.807, 2.05) is 13.0 Å². The first-order chi connectivity index (χ1) is 12.5. The molecule has 1 heterocycles. The second-order valence-electron chi connectivity index (χ2n) is 6.31. The highest BCUT2D eigenvalue weighted by atomic mass is 19.1. The van der Waals surface area contributed by atoms with E-state index in [1.165, 1.54) is 12.1 Å². The number of morpholine rings is 1. The minimum atomic E-state index is -0.728. The predicted octanol–water partition coefficient (Wildman–Crippen LogP) is 1.15. The normalized spacial score (nSPS) is 17.3. The van der Waals surface area contributed by atoms with E-state index >= 15 is 0 Å². The van der Waals surface area contributed by atoms with Crippen molar-refractivity contribution in [1.82, 2.24) is 15.5 Å². The van der Waals surface area contributed by atoms with E-state index < -0.39 is 12.1 Å². The first-order valence-electron chi connectivity index (χ1n) is 8.92. The van der Waals surface area contributed by atoms with Crippen LogP contribution in [0.15, 0.2) is 24.3 Å². The Hall–Kier alpha value is -2.19. The molecule has 144 valence electrons. The van der Waals surface area contributed by atoms with E-state index in [0.717, 1.165) is 12.0 Å². The smallest absolute Gasteiger partial charge is 0.312 e. The summed E-state index contributed by atoms with van der Waals surface area (Å²) in [4.78, 5) is 25.7. The molecule has 0 aliphatic carbocycles. The predicted molar refractivity (Wildman–Crippen MR) is 96.0 cm³/mol. The van der Waals surface area contributed by atoms with Gasteiger partial charge in [-0.2, -0.15) is 0 Å². The molecule has 1 aromatic rings. The number of hydrogen-bond donors (Lipinski definition) is 3. The highest BCUT2D eigenvalue weighted by Gasteiger charge is 2.25. The summed E-state index contributed by atoms with van der Waals surface area (Å²) in [5.74, 6) is -0.605. The standard InChI is InChI=1S/C18H27FN4O3/c1-2-4-15(22-18(20)25)17(24)21-12-16(23-7-9-26-10-8-23)13-5-3-6-14(19)11-13/h3,5-6,11,15-16H,2,4,7-10,12H2,1H3,(H,21,24)(H3,20,22,25). The molecule has 4 N–H and O–H groups in total. The van der Waals surface area contributed by atoms with E-state index in [2.05, 4.69) is 15.5 Å². The summed E-state index contributed by atoms with van der Waals surface area (Å²) in [5, 5.41) is 5.34. The number of halogens is 1. The highest BCUT2D eigenvalue weighted by Crippen LogP contribution is 2.22. The average molecular weight is 366 g/mol. The van der Waals surface area contributed by atoms with Crippen LogP contribution in [-0.4, -0.2) is 55.7 Å². The van der Waals surface area contributed by atoms with Gasteiger partial charge in [-0.05, 0) is 24.1 Å². The molecule has 0 spiro atoms. The maximum atomic E-state index is 13.7. The molecular weight excluding hydrogens is 339 g/mol. The Morgan fingerprint density at radius 1 is 1.35 bits per heavy atom. The summed E-state index contributed by atoms with van der Waals surface area (Å²) < 4.78 is 19.1. The van der Waals surface area contributed by atoms with E-state index in [4.69, 9.17) is 10.5 Å². The topological polar surface area (TPSA) is 96.7 Å². The van der Waals surface area contributed by atoms with Crippen LogP contribution in [0.3, 0.4) is 0 Å². The summed E-state index contributed by atoms with van der Waals surface area (Å²) in [6, 6.07) is 4.82. The van der Waals surface area contributed by atoms with Crippen molar-refractivity contribution in [3.8, 4) is 0 Å². The van der Waals surface area contributed by atoms with Crippen molar-refractivity contribution < 1.29 is 18.7 Å². The average Bonchev–Trinajstić information content (AvgIpc) is 2.62. The van der Waals surface area contributed by atoms with Gasteiger partial charge in [-0.25, -0.2) is 9.18 Å². The number of amides is 3. The summed E-state index contributed by atoms with van der Waals surface area (Å²) in [5.41, 5.74) is 5.94. The number of carbonyl (C=O) groups is 2. The quantitative estimate of drug-likeness (QED) is 0.643. The van der Waals surface area contributed by atoms with Gasteiger partial charge in [0.2, 0.25) is 5.91 Å². The molecule has 0 radical (unpaired) electrons. The van der Waals surface area contributed by atoms with Crippen LogP contribution < -0.4 is 16.4 Å². The number of ether oxygens (including phenoxy) is 1. The maximum Gasteiger partial charge on any atom is 0.312 e. The third kappa shape index (κ3) is 5.96. The summed E-state index contributed by atoms with van der Waals surface area (Å²) in [7, 11) is 0. The molecule has 0 saturated carbocycles. The molecule has 2 rings (SSSR count). The lowest BCUT2D eigenvalue weighted by Gasteiger charge is -2.35. The molecular formula is C18H27FN4O3. The van der Waals surface area contributed by atoms with E-state index in [1.54, 1.807) is 6.07 Å². The summed E-state index contributed by atoms with van der Waals surface area (Å²) >= 11 is 0. The first-order valence-corrected chi connectivity index (χ1v) is 8.92.